The van der Waals surface area contributed by atoms with Crippen LogP contribution in [-0.2, 0) is 11.2 Å². The number of hydrogen-bond acceptors (Lipinski definition) is 2. The molecule has 0 aromatic heterocycles. The van der Waals surface area contributed by atoms with Crippen molar-refractivity contribution in [1.82, 2.24) is 4.90 Å². The summed E-state index contributed by atoms with van der Waals surface area (Å²) in [5, 5.41) is 0. The summed E-state index contributed by atoms with van der Waals surface area (Å²) in [5.41, 5.74) is 7.05. The van der Waals surface area contributed by atoms with Gasteiger partial charge in [-0.2, -0.15) is 0 Å². The predicted molar refractivity (Wildman–Crippen MR) is 86.8 cm³/mol. The van der Waals surface area contributed by atoms with Crippen LogP contribution in [0.5, 0.6) is 0 Å². The molecule has 2 rings (SSSR count). The van der Waals surface area contributed by atoms with Crippen LogP contribution in [0.3, 0.4) is 0 Å². The summed E-state index contributed by atoms with van der Waals surface area (Å²) >= 11 is 0. The Labute approximate surface area is 128 Å². The zero-order valence-electron chi connectivity index (χ0n) is 13.3. The van der Waals surface area contributed by atoms with Crippen LogP contribution in [0.25, 0.3) is 0 Å². The number of carbonyl (C=O) groups is 1. The Bertz CT molecular complexity index is 436. The lowest BCUT2D eigenvalue weighted by molar-refractivity contribution is -0.136. The smallest absolute Gasteiger partial charge is 0.227 e. The molecule has 0 saturated carbocycles. The molecular formula is C18H28N2O. The topological polar surface area (TPSA) is 46.3 Å². The molecule has 1 fully saturated rings. The van der Waals surface area contributed by atoms with Gasteiger partial charge in [-0.3, -0.25) is 4.79 Å². The summed E-state index contributed by atoms with van der Waals surface area (Å²) in [5.74, 6) is 1.64. The van der Waals surface area contributed by atoms with Gasteiger partial charge in [0.05, 0.1) is 5.92 Å². The van der Waals surface area contributed by atoms with E-state index < -0.39 is 0 Å². The number of hydrogen-bond donors (Lipinski definition) is 1. The highest BCUT2D eigenvalue weighted by Gasteiger charge is 2.28. The molecule has 1 aliphatic heterocycles. The van der Waals surface area contributed by atoms with Crippen LogP contribution in [0.1, 0.15) is 32.3 Å². The lowest BCUT2D eigenvalue weighted by atomic mass is 9.86. The van der Waals surface area contributed by atoms with Crippen LogP contribution >= 0.6 is 0 Å². The van der Waals surface area contributed by atoms with E-state index in [-0.39, 0.29) is 11.8 Å². The van der Waals surface area contributed by atoms with E-state index in [0.29, 0.717) is 6.54 Å². The molecule has 0 spiro atoms. The van der Waals surface area contributed by atoms with Crippen molar-refractivity contribution in [1.29, 1.82) is 0 Å². The molecule has 1 aliphatic rings. The fraction of sp³-hybridized carbons (Fsp3) is 0.611. The van der Waals surface area contributed by atoms with Gasteiger partial charge in [-0.25, -0.2) is 0 Å². The van der Waals surface area contributed by atoms with Crippen molar-refractivity contribution in [2.45, 2.75) is 33.1 Å². The van der Waals surface area contributed by atoms with Gasteiger partial charge in [-0.15, -0.1) is 0 Å². The predicted octanol–water partition coefficient (Wildman–Crippen LogP) is 2.70. The third-order valence-corrected chi connectivity index (χ3v) is 4.75. The van der Waals surface area contributed by atoms with Crippen LogP contribution in [0.2, 0.25) is 0 Å². The van der Waals surface area contributed by atoms with Gasteiger partial charge in [-0.1, -0.05) is 44.2 Å². The third-order valence-electron chi connectivity index (χ3n) is 4.75. The number of nitrogens with zero attached hydrogens (tertiary/aromatic N) is 1. The zero-order valence-corrected chi connectivity index (χ0v) is 13.3. The first-order valence-corrected chi connectivity index (χ1v) is 8.14. The molecular weight excluding hydrogens is 260 g/mol. The van der Waals surface area contributed by atoms with Gasteiger partial charge in [0, 0.05) is 19.6 Å². The zero-order chi connectivity index (χ0) is 15.2. The molecule has 1 atom stereocenters. The average molecular weight is 288 g/mol. The molecule has 1 amide bonds. The molecule has 1 heterocycles. The summed E-state index contributed by atoms with van der Waals surface area (Å²) in [4.78, 5) is 14.7. The molecule has 3 nitrogen and oxygen atoms in total. The highest BCUT2D eigenvalue weighted by molar-refractivity contribution is 5.79. The van der Waals surface area contributed by atoms with Crippen LogP contribution < -0.4 is 5.73 Å². The minimum absolute atomic E-state index is 0.0806. The minimum atomic E-state index is -0.0806. The second-order valence-corrected chi connectivity index (χ2v) is 6.53. The van der Waals surface area contributed by atoms with Crippen molar-refractivity contribution in [2.75, 3.05) is 19.6 Å². The van der Waals surface area contributed by atoms with Crippen molar-refractivity contribution in [3.8, 4) is 0 Å². The number of rotatable bonds is 5. The molecule has 1 saturated heterocycles. The molecule has 2 N–H and O–H groups in total. The van der Waals surface area contributed by atoms with Crippen LogP contribution in [-0.4, -0.2) is 30.4 Å². The molecule has 1 aromatic rings. The van der Waals surface area contributed by atoms with Crippen molar-refractivity contribution >= 4 is 5.91 Å². The van der Waals surface area contributed by atoms with Gasteiger partial charge in [0.15, 0.2) is 0 Å². The van der Waals surface area contributed by atoms with Gasteiger partial charge in [0.2, 0.25) is 5.91 Å². The van der Waals surface area contributed by atoms with Crippen molar-refractivity contribution < 1.29 is 4.79 Å². The summed E-state index contributed by atoms with van der Waals surface area (Å²) in [6, 6.07) is 10.2. The summed E-state index contributed by atoms with van der Waals surface area (Å²) < 4.78 is 0. The van der Waals surface area contributed by atoms with E-state index in [1.54, 1.807) is 0 Å². The molecule has 1 unspecified atom stereocenters. The van der Waals surface area contributed by atoms with E-state index in [4.69, 9.17) is 5.73 Å². The highest BCUT2D eigenvalue weighted by atomic mass is 16.2. The number of nitrogens with two attached hydrogens (primary N) is 1. The maximum atomic E-state index is 12.7. The molecule has 3 heteroatoms. The van der Waals surface area contributed by atoms with Gasteiger partial charge < -0.3 is 10.6 Å². The molecule has 0 radical (unpaired) electrons. The van der Waals surface area contributed by atoms with E-state index in [1.807, 2.05) is 23.1 Å². The summed E-state index contributed by atoms with van der Waals surface area (Å²) in [6.45, 7) is 6.78. The molecule has 0 bridgehead atoms. The standard InChI is InChI=1S/C18H28N2O/c1-14(2)16-8-10-20(11-9-16)18(21)17(13-19)12-15-6-4-3-5-7-15/h3-7,14,16-17H,8-13,19H2,1-2H3. The van der Waals surface area contributed by atoms with E-state index in [0.717, 1.165) is 44.2 Å². The number of likely N-dealkylation sites (tertiary alicyclic amines) is 1. The quantitative estimate of drug-likeness (QED) is 0.905. The first kappa shape index (κ1) is 16.0. The number of carbonyl (C=O) groups excluding carboxylic acids is 1. The Kier molecular flexibility index (Phi) is 5.80. The molecule has 0 aliphatic carbocycles. The van der Waals surface area contributed by atoms with E-state index in [9.17, 15) is 4.79 Å². The van der Waals surface area contributed by atoms with Crippen LogP contribution in [0.4, 0.5) is 0 Å². The molecule has 21 heavy (non-hydrogen) atoms. The fourth-order valence-corrected chi connectivity index (χ4v) is 3.21. The second kappa shape index (κ2) is 7.60. The van der Waals surface area contributed by atoms with Gasteiger partial charge >= 0.3 is 0 Å². The molecule has 116 valence electrons. The Morgan fingerprint density at radius 1 is 1.24 bits per heavy atom. The number of amides is 1. The third kappa shape index (κ3) is 4.31. The Morgan fingerprint density at radius 3 is 2.38 bits per heavy atom. The second-order valence-electron chi connectivity index (χ2n) is 6.53. The first-order chi connectivity index (χ1) is 10.1. The number of benzene rings is 1. The Balaban J connectivity index is 1.92. The SMILES string of the molecule is CC(C)C1CCN(C(=O)C(CN)Cc2ccccc2)CC1. The maximum absolute atomic E-state index is 12.7. The normalized spacial score (nSPS) is 18.0. The Hall–Kier alpha value is -1.35. The lowest BCUT2D eigenvalue weighted by Crippen LogP contribution is -2.44. The van der Waals surface area contributed by atoms with E-state index >= 15 is 0 Å². The van der Waals surface area contributed by atoms with E-state index in [2.05, 4.69) is 26.0 Å². The average Bonchev–Trinajstić information content (AvgIpc) is 2.53. The minimum Gasteiger partial charge on any atom is -0.342 e. The van der Waals surface area contributed by atoms with Crippen LogP contribution in [0.15, 0.2) is 30.3 Å². The maximum Gasteiger partial charge on any atom is 0.227 e. The first-order valence-electron chi connectivity index (χ1n) is 8.14. The van der Waals surface area contributed by atoms with Gasteiger partial charge in [-0.05, 0) is 36.7 Å². The monoisotopic (exact) mass is 288 g/mol. The van der Waals surface area contributed by atoms with Gasteiger partial charge in [0.25, 0.3) is 0 Å². The Morgan fingerprint density at radius 2 is 1.86 bits per heavy atom. The molecule has 1 aromatic carbocycles. The van der Waals surface area contributed by atoms with Gasteiger partial charge in [0.1, 0.15) is 0 Å². The fourth-order valence-electron chi connectivity index (χ4n) is 3.21. The van der Waals surface area contributed by atoms with E-state index in [1.165, 1.54) is 5.56 Å². The number of piperidine rings is 1. The van der Waals surface area contributed by atoms with Crippen molar-refractivity contribution in [2.24, 2.45) is 23.5 Å². The highest BCUT2D eigenvalue weighted by Crippen LogP contribution is 2.25. The lowest BCUT2D eigenvalue weighted by Gasteiger charge is -2.35. The summed E-state index contributed by atoms with van der Waals surface area (Å²) in [6.07, 6.45) is 3.01. The van der Waals surface area contributed by atoms with Crippen molar-refractivity contribution in [3.63, 3.8) is 0 Å². The summed E-state index contributed by atoms with van der Waals surface area (Å²) in [7, 11) is 0. The largest absolute Gasteiger partial charge is 0.342 e. The van der Waals surface area contributed by atoms with Crippen LogP contribution in [0, 0.1) is 17.8 Å². The van der Waals surface area contributed by atoms with Crippen molar-refractivity contribution in [3.05, 3.63) is 35.9 Å².